The van der Waals surface area contributed by atoms with E-state index in [1.807, 2.05) is 54.6 Å². The third kappa shape index (κ3) is 5.10. The van der Waals surface area contributed by atoms with Gasteiger partial charge >= 0.3 is 0 Å². The topological polar surface area (TPSA) is 69.2 Å². The minimum Gasteiger partial charge on any atom is -0.489 e. The highest BCUT2D eigenvalue weighted by molar-refractivity contribution is 6.31. The quantitative estimate of drug-likeness (QED) is 0.454. The summed E-state index contributed by atoms with van der Waals surface area (Å²) < 4.78 is 16.4. The van der Waals surface area contributed by atoms with Crippen LogP contribution < -0.4 is 19.6 Å². The van der Waals surface area contributed by atoms with E-state index in [0.29, 0.717) is 28.9 Å². The molecule has 0 saturated carbocycles. The average Bonchev–Trinajstić information content (AvgIpc) is 3.21. The van der Waals surface area contributed by atoms with Crippen molar-refractivity contribution in [3.63, 3.8) is 0 Å². The molecular formula is C23H19ClN2O4. The third-order valence-corrected chi connectivity index (χ3v) is 4.78. The molecule has 1 aliphatic heterocycles. The highest BCUT2D eigenvalue weighted by Gasteiger charge is 2.14. The number of ether oxygens (including phenoxy) is 3. The fourth-order valence-corrected chi connectivity index (χ4v) is 3.11. The zero-order valence-electron chi connectivity index (χ0n) is 16.0. The van der Waals surface area contributed by atoms with E-state index in [1.54, 1.807) is 18.3 Å². The Kier molecular flexibility index (Phi) is 6.15. The summed E-state index contributed by atoms with van der Waals surface area (Å²) in [5.41, 5.74) is 5.07. The lowest BCUT2D eigenvalue weighted by Gasteiger charge is -2.08. The van der Waals surface area contributed by atoms with Gasteiger partial charge in [0.05, 0.1) is 12.6 Å². The fourth-order valence-electron chi connectivity index (χ4n) is 2.92. The van der Waals surface area contributed by atoms with Gasteiger partial charge in [0, 0.05) is 10.6 Å². The second-order valence-corrected chi connectivity index (χ2v) is 7.02. The normalized spacial score (nSPS) is 12.2. The minimum atomic E-state index is -0.226. The van der Waals surface area contributed by atoms with Crippen molar-refractivity contribution in [3.8, 4) is 17.2 Å². The van der Waals surface area contributed by atoms with Gasteiger partial charge in [0.2, 0.25) is 12.7 Å². The molecule has 0 aliphatic carbocycles. The van der Waals surface area contributed by atoms with Crippen molar-refractivity contribution in [3.05, 3.63) is 88.4 Å². The van der Waals surface area contributed by atoms with E-state index in [2.05, 4.69) is 10.5 Å². The van der Waals surface area contributed by atoms with Crippen LogP contribution in [0.1, 0.15) is 16.7 Å². The molecule has 4 rings (SSSR count). The lowest BCUT2D eigenvalue weighted by atomic mass is 10.1. The van der Waals surface area contributed by atoms with Gasteiger partial charge in [-0.15, -0.1) is 0 Å². The summed E-state index contributed by atoms with van der Waals surface area (Å²) in [7, 11) is 0. The first kappa shape index (κ1) is 19.8. The zero-order chi connectivity index (χ0) is 20.8. The van der Waals surface area contributed by atoms with Crippen LogP contribution in [0.4, 0.5) is 0 Å². The van der Waals surface area contributed by atoms with Gasteiger partial charge in [-0.05, 0) is 41.5 Å². The monoisotopic (exact) mass is 422 g/mol. The van der Waals surface area contributed by atoms with Gasteiger partial charge in [-0.2, -0.15) is 5.10 Å². The first-order valence-electron chi connectivity index (χ1n) is 9.34. The Balaban J connectivity index is 1.30. The van der Waals surface area contributed by atoms with Gasteiger partial charge in [0.1, 0.15) is 12.4 Å². The largest absolute Gasteiger partial charge is 0.489 e. The molecule has 1 heterocycles. The molecule has 0 aromatic heterocycles. The van der Waals surface area contributed by atoms with Crippen molar-refractivity contribution >= 4 is 23.7 Å². The predicted molar refractivity (Wildman–Crippen MR) is 114 cm³/mol. The summed E-state index contributed by atoms with van der Waals surface area (Å²) in [5, 5.41) is 4.69. The molecule has 0 atom stereocenters. The number of amides is 1. The number of halogens is 1. The van der Waals surface area contributed by atoms with E-state index in [-0.39, 0.29) is 19.1 Å². The first-order chi connectivity index (χ1) is 14.7. The van der Waals surface area contributed by atoms with Gasteiger partial charge in [-0.25, -0.2) is 5.43 Å². The molecule has 1 N–H and O–H groups in total. The Morgan fingerprint density at radius 3 is 2.83 bits per heavy atom. The summed E-state index contributed by atoms with van der Waals surface area (Å²) in [4.78, 5) is 12.1. The third-order valence-electron chi connectivity index (χ3n) is 4.41. The second-order valence-electron chi connectivity index (χ2n) is 6.61. The van der Waals surface area contributed by atoms with Gasteiger partial charge < -0.3 is 14.2 Å². The summed E-state index contributed by atoms with van der Waals surface area (Å²) in [6.07, 6.45) is 1.76. The molecule has 7 heteroatoms. The van der Waals surface area contributed by atoms with Crippen LogP contribution in [0.2, 0.25) is 5.02 Å². The number of benzene rings is 3. The lowest BCUT2D eigenvalue weighted by molar-refractivity contribution is -0.120. The van der Waals surface area contributed by atoms with Crippen molar-refractivity contribution in [2.75, 3.05) is 6.79 Å². The highest BCUT2D eigenvalue weighted by Crippen LogP contribution is 2.32. The van der Waals surface area contributed by atoms with E-state index in [4.69, 9.17) is 25.8 Å². The number of rotatable bonds is 7. The van der Waals surface area contributed by atoms with E-state index in [9.17, 15) is 4.79 Å². The van der Waals surface area contributed by atoms with Crippen LogP contribution in [-0.4, -0.2) is 18.9 Å². The van der Waals surface area contributed by atoms with Crippen molar-refractivity contribution in [2.45, 2.75) is 13.0 Å². The molecule has 0 unspecified atom stereocenters. The van der Waals surface area contributed by atoms with Crippen LogP contribution in [0.3, 0.4) is 0 Å². The van der Waals surface area contributed by atoms with E-state index in [0.717, 1.165) is 16.7 Å². The summed E-state index contributed by atoms with van der Waals surface area (Å²) in [6.45, 7) is 0.572. The molecule has 152 valence electrons. The maximum absolute atomic E-state index is 12.1. The van der Waals surface area contributed by atoms with E-state index in [1.165, 1.54) is 0 Å². The van der Waals surface area contributed by atoms with Crippen molar-refractivity contribution in [2.24, 2.45) is 5.10 Å². The van der Waals surface area contributed by atoms with Crippen LogP contribution in [0.25, 0.3) is 0 Å². The Morgan fingerprint density at radius 1 is 1.07 bits per heavy atom. The molecular weight excluding hydrogens is 404 g/mol. The summed E-state index contributed by atoms with van der Waals surface area (Å²) in [6, 6.07) is 20.4. The number of nitrogens with zero attached hydrogens (tertiary/aromatic N) is 1. The molecule has 0 bridgehead atoms. The molecule has 6 nitrogen and oxygen atoms in total. The number of fused-ring (bicyclic) bond motifs is 1. The van der Waals surface area contributed by atoms with Crippen molar-refractivity contribution in [1.29, 1.82) is 0 Å². The Bertz CT molecular complexity index is 1080. The van der Waals surface area contributed by atoms with Crippen LogP contribution in [-0.2, 0) is 17.8 Å². The molecule has 1 aliphatic rings. The molecule has 1 amide bonds. The highest BCUT2D eigenvalue weighted by atomic mass is 35.5. The molecule has 0 spiro atoms. The Morgan fingerprint density at radius 2 is 1.93 bits per heavy atom. The molecule has 30 heavy (non-hydrogen) atoms. The van der Waals surface area contributed by atoms with E-state index >= 15 is 0 Å². The van der Waals surface area contributed by atoms with Crippen LogP contribution >= 0.6 is 11.6 Å². The maximum atomic E-state index is 12.1. The number of carbonyl (C=O) groups excluding carboxylic acids is 1. The van der Waals surface area contributed by atoms with E-state index < -0.39 is 0 Å². The SMILES string of the molecule is O=C(Cc1ccc2c(c1)OCO2)N/N=C\c1cccc(OCc2ccccc2Cl)c1. The van der Waals surface area contributed by atoms with Gasteiger partial charge in [0.15, 0.2) is 11.5 Å². The number of hydrogen-bond acceptors (Lipinski definition) is 5. The summed E-state index contributed by atoms with van der Waals surface area (Å²) >= 11 is 6.15. The number of hydrazone groups is 1. The van der Waals surface area contributed by atoms with Crippen LogP contribution in [0, 0.1) is 0 Å². The van der Waals surface area contributed by atoms with Gasteiger partial charge in [0.25, 0.3) is 0 Å². The zero-order valence-corrected chi connectivity index (χ0v) is 16.8. The van der Waals surface area contributed by atoms with Crippen molar-refractivity contribution < 1.29 is 19.0 Å². The maximum Gasteiger partial charge on any atom is 0.244 e. The first-order valence-corrected chi connectivity index (χ1v) is 9.72. The smallest absolute Gasteiger partial charge is 0.244 e. The number of carbonyl (C=O) groups is 1. The minimum absolute atomic E-state index is 0.189. The van der Waals surface area contributed by atoms with Gasteiger partial charge in [-0.1, -0.05) is 48.0 Å². The summed E-state index contributed by atoms with van der Waals surface area (Å²) in [5.74, 6) is 1.80. The molecule has 0 radical (unpaired) electrons. The molecule has 3 aromatic rings. The molecule has 0 fully saturated rings. The lowest BCUT2D eigenvalue weighted by Crippen LogP contribution is -2.19. The van der Waals surface area contributed by atoms with Crippen LogP contribution in [0.15, 0.2) is 71.8 Å². The molecule has 0 saturated heterocycles. The number of nitrogens with one attached hydrogen (secondary N) is 1. The van der Waals surface area contributed by atoms with Crippen LogP contribution in [0.5, 0.6) is 17.2 Å². The Hall–Kier alpha value is -3.51. The second kappa shape index (κ2) is 9.33. The standard InChI is InChI=1S/C23H19ClN2O4/c24-20-7-2-1-5-18(20)14-28-19-6-3-4-17(10-19)13-25-26-23(27)12-16-8-9-21-22(11-16)30-15-29-21/h1-11,13H,12,14-15H2,(H,26,27)/b25-13-. The van der Waals surface area contributed by atoms with Gasteiger partial charge in [-0.3, -0.25) is 4.79 Å². The van der Waals surface area contributed by atoms with Crippen molar-refractivity contribution in [1.82, 2.24) is 5.43 Å². The Labute approximate surface area is 179 Å². The molecule has 3 aromatic carbocycles. The predicted octanol–water partition coefficient (Wildman–Crippen LogP) is 4.34. The number of hydrogen-bond donors (Lipinski definition) is 1. The fraction of sp³-hybridized carbons (Fsp3) is 0.130. The average molecular weight is 423 g/mol.